The van der Waals surface area contributed by atoms with E-state index in [1.54, 1.807) is 12.1 Å². The molecule has 0 aliphatic rings. The van der Waals surface area contributed by atoms with Gasteiger partial charge in [-0.25, -0.2) is 4.39 Å². The lowest BCUT2D eigenvalue weighted by atomic mass is 10.2. The first-order chi connectivity index (χ1) is 10.1. The molecule has 0 aromatic heterocycles. The van der Waals surface area contributed by atoms with E-state index in [2.05, 4.69) is 10.6 Å². The third-order valence-corrected chi connectivity index (χ3v) is 3.13. The molecule has 2 aromatic rings. The molecule has 0 unspecified atom stereocenters. The molecule has 5 heteroatoms. The Kier molecular flexibility index (Phi) is 5.72. The van der Waals surface area contributed by atoms with Gasteiger partial charge >= 0.3 is 0 Å². The average molecular weight is 307 g/mol. The molecule has 0 atom stereocenters. The summed E-state index contributed by atoms with van der Waals surface area (Å²) in [6.45, 7) is 1.22. The number of anilines is 1. The molecule has 1 amide bonds. The molecule has 2 rings (SSSR count). The van der Waals surface area contributed by atoms with Gasteiger partial charge < -0.3 is 10.6 Å². The summed E-state index contributed by atoms with van der Waals surface area (Å²) in [5, 5.41) is 6.53. The minimum absolute atomic E-state index is 0.149. The van der Waals surface area contributed by atoms with Crippen molar-refractivity contribution in [2.45, 2.75) is 13.0 Å². The molecule has 0 saturated carbocycles. The van der Waals surface area contributed by atoms with E-state index in [1.807, 2.05) is 24.3 Å². The minimum Gasteiger partial charge on any atom is -0.326 e. The first-order valence-electron chi connectivity index (χ1n) is 6.64. The molecule has 2 N–H and O–H groups in total. The van der Waals surface area contributed by atoms with Crippen molar-refractivity contribution in [3.63, 3.8) is 0 Å². The topological polar surface area (TPSA) is 41.1 Å². The molecule has 0 radical (unpaired) electrons. The van der Waals surface area contributed by atoms with Crippen LogP contribution in [0.3, 0.4) is 0 Å². The Morgan fingerprint density at radius 1 is 1.14 bits per heavy atom. The van der Waals surface area contributed by atoms with E-state index >= 15 is 0 Å². The van der Waals surface area contributed by atoms with E-state index in [9.17, 15) is 9.18 Å². The van der Waals surface area contributed by atoms with Crippen molar-refractivity contribution in [1.29, 1.82) is 0 Å². The largest absolute Gasteiger partial charge is 0.326 e. The molecule has 0 aliphatic carbocycles. The fourth-order valence-corrected chi connectivity index (χ4v) is 1.95. The number of halogens is 2. The third kappa shape index (κ3) is 5.53. The second-order valence-corrected chi connectivity index (χ2v) is 5.05. The number of nitrogens with one attached hydrogen (secondary N) is 2. The summed E-state index contributed by atoms with van der Waals surface area (Å²) >= 11 is 5.80. The highest BCUT2D eigenvalue weighted by Crippen LogP contribution is 2.10. The normalized spacial score (nSPS) is 10.4. The highest BCUT2D eigenvalue weighted by Gasteiger charge is 2.02. The number of carbonyl (C=O) groups excluding carboxylic acids is 1. The number of hydrogen-bond donors (Lipinski definition) is 2. The molecule has 0 spiro atoms. The summed E-state index contributed by atoms with van der Waals surface area (Å²) in [5.74, 6) is -0.516. The monoisotopic (exact) mass is 306 g/mol. The number of hydrogen-bond acceptors (Lipinski definition) is 2. The molecule has 0 heterocycles. The summed E-state index contributed by atoms with van der Waals surface area (Å²) in [7, 11) is 0. The van der Waals surface area contributed by atoms with Gasteiger partial charge in [-0.3, -0.25) is 4.79 Å². The van der Waals surface area contributed by atoms with Gasteiger partial charge in [0.15, 0.2) is 0 Å². The lowest BCUT2D eigenvalue weighted by molar-refractivity contribution is -0.116. The predicted octanol–water partition coefficient (Wildman–Crippen LogP) is 3.60. The summed E-state index contributed by atoms with van der Waals surface area (Å²) in [5.41, 5.74) is 1.57. The molecule has 3 nitrogen and oxygen atoms in total. The van der Waals surface area contributed by atoms with Gasteiger partial charge in [0.05, 0.1) is 0 Å². The minimum atomic E-state index is -0.367. The van der Waals surface area contributed by atoms with Crippen LogP contribution < -0.4 is 10.6 Å². The highest BCUT2D eigenvalue weighted by atomic mass is 35.5. The van der Waals surface area contributed by atoms with Crippen molar-refractivity contribution in [3.05, 3.63) is 64.9 Å². The second kappa shape index (κ2) is 7.76. The first-order valence-corrected chi connectivity index (χ1v) is 7.02. The predicted molar refractivity (Wildman–Crippen MR) is 82.8 cm³/mol. The Labute approximate surface area is 128 Å². The lowest BCUT2D eigenvalue weighted by Gasteiger charge is -2.07. The van der Waals surface area contributed by atoms with Crippen molar-refractivity contribution in [3.8, 4) is 0 Å². The standard InChI is InChI=1S/C16H16ClFN2O/c17-13-6-4-12(5-7-13)11-19-9-8-16(21)20-15-3-1-2-14(18)10-15/h1-7,10,19H,8-9,11H2,(H,20,21). The molecular weight excluding hydrogens is 291 g/mol. The Morgan fingerprint density at radius 3 is 2.62 bits per heavy atom. The van der Waals surface area contributed by atoms with Crippen molar-refractivity contribution in [1.82, 2.24) is 5.32 Å². The number of carbonyl (C=O) groups is 1. The van der Waals surface area contributed by atoms with E-state index in [0.717, 1.165) is 5.56 Å². The number of rotatable bonds is 6. The van der Waals surface area contributed by atoms with E-state index in [4.69, 9.17) is 11.6 Å². The van der Waals surface area contributed by atoms with Gasteiger partial charge in [-0.05, 0) is 35.9 Å². The average Bonchev–Trinajstić information content (AvgIpc) is 2.45. The Bertz CT molecular complexity index is 601. The summed E-state index contributed by atoms with van der Waals surface area (Å²) in [4.78, 5) is 11.7. The maximum Gasteiger partial charge on any atom is 0.225 e. The van der Waals surface area contributed by atoms with Crippen molar-refractivity contribution >= 4 is 23.2 Å². The maximum absolute atomic E-state index is 13.0. The zero-order chi connectivity index (χ0) is 15.1. The molecule has 0 aliphatic heterocycles. The van der Waals surface area contributed by atoms with Crippen molar-refractivity contribution in [2.75, 3.05) is 11.9 Å². The Morgan fingerprint density at radius 2 is 1.90 bits per heavy atom. The van der Waals surface area contributed by atoms with Gasteiger partial charge in [0.1, 0.15) is 5.82 Å². The highest BCUT2D eigenvalue weighted by molar-refractivity contribution is 6.30. The fraction of sp³-hybridized carbons (Fsp3) is 0.188. The van der Waals surface area contributed by atoms with E-state index in [-0.39, 0.29) is 11.7 Å². The molecular formula is C16H16ClFN2O. The van der Waals surface area contributed by atoms with Crippen LogP contribution in [-0.2, 0) is 11.3 Å². The van der Waals surface area contributed by atoms with Crippen LogP contribution in [0.5, 0.6) is 0 Å². The molecule has 0 saturated heterocycles. The maximum atomic E-state index is 13.0. The van der Waals surface area contributed by atoms with Gasteiger partial charge in [-0.1, -0.05) is 29.8 Å². The van der Waals surface area contributed by atoms with Crippen LogP contribution >= 0.6 is 11.6 Å². The van der Waals surface area contributed by atoms with Crippen LogP contribution in [-0.4, -0.2) is 12.5 Å². The van der Waals surface area contributed by atoms with Crippen LogP contribution in [0.1, 0.15) is 12.0 Å². The van der Waals surface area contributed by atoms with Crippen LogP contribution in [0.15, 0.2) is 48.5 Å². The summed E-state index contributed by atoms with van der Waals surface area (Å²) in [6, 6.07) is 13.4. The van der Waals surface area contributed by atoms with Crippen LogP contribution in [0.2, 0.25) is 5.02 Å². The molecule has 0 fully saturated rings. The number of benzene rings is 2. The summed E-state index contributed by atoms with van der Waals surface area (Å²) < 4.78 is 13.0. The van der Waals surface area contributed by atoms with Crippen LogP contribution in [0.25, 0.3) is 0 Å². The van der Waals surface area contributed by atoms with Crippen LogP contribution in [0.4, 0.5) is 10.1 Å². The lowest BCUT2D eigenvalue weighted by Crippen LogP contribution is -2.21. The fourth-order valence-electron chi connectivity index (χ4n) is 1.83. The van der Waals surface area contributed by atoms with Crippen molar-refractivity contribution < 1.29 is 9.18 Å². The molecule has 110 valence electrons. The zero-order valence-corrected chi connectivity index (χ0v) is 12.2. The smallest absolute Gasteiger partial charge is 0.225 e. The van der Waals surface area contributed by atoms with Gasteiger partial charge in [0.25, 0.3) is 0 Å². The SMILES string of the molecule is O=C(CCNCc1ccc(Cl)cc1)Nc1cccc(F)c1. The summed E-state index contributed by atoms with van der Waals surface area (Å²) in [6.07, 6.45) is 0.324. The second-order valence-electron chi connectivity index (χ2n) is 4.61. The quantitative estimate of drug-likeness (QED) is 0.801. The van der Waals surface area contributed by atoms with Crippen LogP contribution in [0, 0.1) is 5.82 Å². The van der Waals surface area contributed by atoms with Gasteiger partial charge in [-0.15, -0.1) is 0 Å². The van der Waals surface area contributed by atoms with E-state index in [1.165, 1.54) is 12.1 Å². The Balaban J connectivity index is 1.68. The van der Waals surface area contributed by atoms with Gasteiger partial charge in [0, 0.05) is 30.2 Å². The molecule has 21 heavy (non-hydrogen) atoms. The molecule has 2 aromatic carbocycles. The first kappa shape index (κ1) is 15.5. The Hall–Kier alpha value is -1.91. The molecule has 0 bridgehead atoms. The zero-order valence-electron chi connectivity index (χ0n) is 11.4. The van der Waals surface area contributed by atoms with Gasteiger partial charge in [-0.2, -0.15) is 0 Å². The third-order valence-electron chi connectivity index (χ3n) is 2.88. The van der Waals surface area contributed by atoms with Crippen molar-refractivity contribution in [2.24, 2.45) is 0 Å². The van der Waals surface area contributed by atoms with Gasteiger partial charge in [0.2, 0.25) is 5.91 Å². The van der Waals surface area contributed by atoms with E-state index in [0.29, 0.717) is 30.2 Å². The number of amides is 1. The van der Waals surface area contributed by atoms with E-state index < -0.39 is 0 Å².